The number of hydrogen-bond acceptors (Lipinski definition) is 3. The van der Waals surface area contributed by atoms with Crippen LogP contribution in [0.1, 0.15) is 31.2 Å². The number of fused-ring (bicyclic) bond motifs is 1. The molecule has 2 heterocycles. The highest BCUT2D eigenvalue weighted by Gasteiger charge is 2.35. The molecule has 2 aliphatic rings. The highest BCUT2D eigenvalue weighted by molar-refractivity contribution is 5.79. The number of rotatable bonds is 3. The van der Waals surface area contributed by atoms with Crippen LogP contribution in [0.3, 0.4) is 0 Å². The number of nitrogen functional groups attached to an aromatic ring is 1. The van der Waals surface area contributed by atoms with Crippen LogP contribution in [0.4, 0.5) is 5.69 Å². The first-order chi connectivity index (χ1) is 9.72. The van der Waals surface area contributed by atoms with Crippen molar-refractivity contribution in [1.29, 1.82) is 0 Å². The fourth-order valence-electron chi connectivity index (χ4n) is 3.49. The van der Waals surface area contributed by atoms with Gasteiger partial charge in [-0.05, 0) is 43.5 Å². The minimum Gasteiger partial charge on any atom is -0.399 e. The highest BCUT2D eigenvalue weighted by atomic mass is 16.1. The maximum atomic E-state index is 12.2. The summed E-state index contributed by atoms with van der Waals surface area (Å²) in [5.41, 5.74) is 7.42. The van der Waals surface area contributed by atoms with E-state index in [0.717, 1.165) is 24.2 Å². The van der Waals surface area contributed by atoms with E-state index in [4.69, 9.17) is 5.73 Å². The predicted molar refractivity (Wildman–Crippen MR) is 80.3 cm³/mol. The molecule has 0 bridgehead atoms. The molecule has 2 atom stereocenters. The van der Waals surface area contributed by atoms with E-state index >= 15 is 0 Å². The Balaban J connectivity index is 1.55. The van der Waals surface area contributed by atoms with Crippen molar-refractivity contribution < 1.29 is 4.79 Å². The maximum Gasteiger partial charge on any atom is 0.224 e. The van der Waals surface area contributed by atoms with Crippen LogP contribution in [0.15, 0.2) is 24.3 Å². The van der Waals surface area contributed by atoms with Crippen molar-refractivity contribution in [3.8, 4) is 0 Å². The third-order valence-electron chi connectivity index (χ3n) is 4.55. The number of piperidine rings is 1. The first kappa shape index (κ1) is 13.4. The van der Waals surface area contributed by atoms with Crippen LogP contribution in [0.2, 0.25) is 0 Å². The number of nitrogens with two attached hydrogens (primary N) is 1. The Morgan fingerprint density at radius 1 is 1.20 bits per heavy atom. The molecule has 2 saturated heterocycles. The summed E-state index contributed by atoms with van der Waals surface area (Å²) in [5, 5.41) is 3.23. The number of nitrogens with one attached hydrogen (secondary N) is 1. The van der Waals surface area contributed by atoms with Crippen LogP contribution in [0.25, 0.3) is 0 Å². The lowest BCUT2D eigenvalue weighted by Crippen LogP contribution is -2.47. The molecule has 3 rings (SSSR count). The second-order valence-electron chi connectivity index (χ2n) is 5.98. The van der Waals surface area contributed by atoms with E-state index < -0.39 is 0 Å². The van der Waals surface area contributed by atoms with E-state index in [0.29, 0.717) is 18.5 Å². The Bertz CT molecular complexity index is 471. The summed E-state index contributed by atoms with van der Waals surface area (Å²) >= 11 is 0. The normalized spacial score (nSPS) is 26.2. The first-order valence-electron chi connectivity index (χ1n) is 7.60. The van der Waals surface area contributed by atoms with Gasteiger partial charge in [0.2, 0.25) is 5.91 Å². The van der Waals surface area contributed by atoms with Crippen molar-refractivity contribution in [2.24, 2.45) is 0 Å². The molecule has 2 unspecified atom stereocenters. The molecule has 2 aliphatic heterocycles. The van der Waals surface area contributed by atoms with E-state index in [1.54, 1.807) is 0 Å². The van der Waals surface area contributed by atoms with Gasteiger partial charge in [-0.15, -0.1) is 0 Å². The number of nitrogens with zero attached hydrogens (tertiary/aromatic N) is 1. The number of anilines is 1. The maximum absolute atomic E-state index is 12.2. The van der Waals surface area contributed by atoms with Crippen molar-refractivity contribution in [1.82, 2.24) is 10.2 Å². The predicted octanol–water partition coefficient (Wildman–Crippen LogP) is 1.55. The molecule has 0 spiro atoms. The number of carbonyl (C=O) groups excluding carboxylic acids is 1. The molecule has 20 heavy (non-hydrogen) atoms. The number of benzene rings is 1. The Kier molecular flexibility index (Phi) is 3.92. The molecule has 3 N–H and O–H groups in total. The largest absolute Gasteiger partial charge is 0.399 e. The molecular weight excluding hydrogens is 250 g/mol. The molecule has 0 radical (unpaired) electrons. The average Bonchev–Trinajstić information content (AvgIpc) is 2.85. The smallest absolute Gasteiger partial charge is 0.224 e. The van der Waals surface area contributed by atoms with Gasteiger partial charge in [-0.2, -0.15) is 0 Å². The quantitative estimate of drug-likeness (QED) is 0.822. The molecule has 2 fully saturated rings. The minimum atomic E-state index is 0.132. The van der Waals surface area contributed by atoms with Crippen LogP contribution in [-0.2, 0) is 11.2 Å². The topological polar surface area (TPSA) is 58.4 Å². The highest BCUT2D eigenvalue weighted by Crippen LogP contribution is 2.27. The van der Waals surface area contributed by atoms with Gasteiger partial charge < -0.3 is 11.1 Å². The molecular formula is C16H23N3O. The van der Waals surface area contributed by atoms with Gasteiger partial charge in [0, 0.05) is 24.3 Å². The summed E-state index contributed by atoms with van der Waals surface area (Å²) in [6.07, 6.45) is 5.38. The van der Waals surface area contributed by atoms with Crippen molar-refractivity contribution >= 4 is 11.6 Å². The van der Waals surface area contributed by atoms with Gasteiger partial charge >= 0.3 is 0 Å². The molecule has 1 amide bonds. The lowest BCUT2D eigenvalue weighted by molar-refractivity contribution is -0.121. The molecule has 108 valence electrons. The van der Waals surface area contributed by atoms with E-state index in [-0.39, 0.29) is 5.91 Å². The second kappa shape index (κ2) is 5.83. The van der Waals surface area contributed by atoms with E-state index in [1.165, 1.54) is 25.8 Å². The van der Waals surface area contributed by atoms with Crippen molar-refractivity contribution in [2.75, 3.05) is 18.8 Å². The summed E-state index contributed by atoms with van der Waals surface area (Å²) in [6, 6.07) is 8.46. The minimum absolute atomic E-state index is 0.132. The monoisotopic (exact) mass is 273 g/mol. The van der Waals surface area contributed by atoms with Gasteiger partial charge in [0.15, 0.2) is 0 Å². The number of hydrogen-bond donors (Lipinski definition) is 2. The second-order valence-corrected chi connectivity index (χ2v) is 5.98. The Hall–Kier alpha value is -1.55. The zero-order chi connectivity index (χ0) is 13.9. The zero-order valence-corrected chi connectivity index (χ0v) is 11.8. The SMILES string of the molecule is Nc1ccc(CC(=O)NC2CCN3CCCCC23)cc1. The van der Waals surface area contributed by atoms with E-state index in [2.05, 4.69) is 10.2 Å². The summed E-state index contributed by atoms with van der Waals surface area (Å²) < 4.78 is 0. The molecule has 0 saturated carbocycles. The lowest BCUT2D eigenvalue weighted by Gasteiger charge is -2.32. The van der Waals surface area contributed by atoms with Crippen molar-refractivity contribution in [2.45, 2.75) is 44.2 Å². The van der Waals surface area contributed by atoms with Crippen LogP contribution < -0.4 is 11.1 Å². The van der Waals surface area contributed by atoms with Gasteiger partial charge in [0.1, 0.15) is 0 Å². The van der Waals surface area contributed by atoms with Gasteiger partial charge in [-0.1, -0.05) is 18.6 Å². The zero-order valence-electron chi connectivity index (χ0n) is 11.8. The van der Waals surface area contributed by atoms with Crippen LogP contribution in [-0.4, -0.2) is 36.0 Å². The fraction of sp³-hybridized carbons (Fsp3) is 0.562. The average molecular weight is 273 g/mol. The van der Waals surface area contributed by atoms with E-state index in [1.807, 2.05) is 24.3 Å². The number of amides is 1. The molecule has 1 aromatic rings. The Labute approximate surface area is 120 Å². The Morgan fingerprint density at radius 2 is 2.00 bits per heavy atom. The van der Waals surface area contributed by atoms with Crippen LogP contribution in [0.5, 0.6) is 0 Å². The summed E-state index contributed by atoms with van der Waals surface area (Å²) in [5.74, 6) is 0.132. The van der Waals surface area contributed by atoms with Crippen LogP contribution >= 0.6 is 0 Å². The van der Waals surface area contributed by atoms with Crippen LogP contribution in [0, 0.1) is 0 Å². The molecule has 0 aliphatic carbocycles. The fourth-order valence-corrected chi connectivity index (χ4v) is 3.49. The van der Waals surface area contributed by atoms with Gasteiger partial charge in [-0.25, -0.2) is 0 Å². The third kappa shape index (κ3) is 2.96. The molecule has 0 aromatic heterocycles. The van der Waals surface area contributed by atoms with Gasteiger partial charge in [0.25, 0.3) is 0 Å². The standard InChI is InChI=1S/C16H23N3O/c17-13-6-4-12(5-7-13)11-16(20)18-14-8-10-19-9-2-1-3-15(14)19/h4-7,14-15H,1-3,8-11,17H2,(H,18,20). The summed E-state index contributed by atoms with van der Waals surface area (Å²) in [4.78, 5) is 14.7. The summed E-state index contributed by atoms with van der Waals surface area (Å²) in [6.45, 7) is 2.34. The summed E-state index contributed by atoms with van der Waals surface area (Å²) in [7, 11) is 0. The first-order valence-corrected chi connectivity index (χ1v) is 7.60. The number of carbonyl (C=O) groups is 1. The molecule has 4 heteroatoms. The van der Waals surface area contributed by atoms with E-state index in [9.17, 15) is 4.79 Å². The third-order valence-corrected chi connectivity index (χ3v) is 4.55. The molecule has 4 nitrogen and oxygen atoms in total. The molecule has 1 aromatic carbocycles. The van der Waals surface area contributed by atoms with Crippen molar-refractivity contribution in [3.63, 3.8) is 0 Å². The van der Waals surface area contributed by atoms with Crippen molar-refractivity contribution in [3.05, 3.63) is 29.8 Å². The van der Waals surface area contributed by atoms with Gasteiger partial charge in [-0.3, -0.25) is 9.69 Å². The Morgan fingerprint density at radius 3 is 2.80 bits per heavy atom. The van der Waals surface area contributed by atoms with Gasteiger partial charge in [0.05, 0.1) is 6.42 Å². The lowest BCUT2D eigenvalue weighted by atomic mass is 9.99.